The van der Waals surface area contributed by atoms with Crippen molar-refractivity contribution in [1.82, 2.24) is 0 Å². The molecular weight excluding hydrogens is 526 g/mol. The van der Waals surface area contributed by atoms with Gasteiger partial charge in [0.2, 0.25) is 5.91 Å². The van der Waals surface area contributed by atoms with Crippen LogP contribution >= 0.6 is 31.9 Å². The lowest BCUT2D eigenvalue weighted by atomic mass is 10.0. The third kappa shape index (κ3) is 4.43. The molecule has 1 unspecified atom stereocenters. The molecular formula is C24H17Br2NO4. The number of halogens is 2. The zero-order chi connectivity index (χ0) is 22.1. The van der Waals surface area contributed by atoms with Gasteiger partial charge in [-0.05, 0) is 104 Å². The highest BCUT2D eigenvalue weighted by atomic mass is 79.9. The zero-order valence-corrected chi connectivity index (χ0v) is 19.5. The highest BCUT2D eigenvalue weighted by molar-refractivity contribution is 9.13. The quantitative estimate of drug-likeness (QED) is 0.347. The van der Waals surface area contributed by atoms with E-state index in [1.54, 1.807) is 6.08 Å². The summed E-state index contributed by atoms with van der Waals surface area (Å²) in [5.74, 6) is 0.0574. The van der Waals surface area contributed by atoms with Crippen molar-refractivity contribution in [3.8, 4) is 22.6 Å². The number of nitrogens with one attached hydrogen (secondary N) is 1. The van der Waals surface area contributed by atoms with Gasteiger partial charge in [-0.2, -0.15) is 0 Å². The number of benzene rings is 3. The molecule has 3 aromatic carbocycles. The smallest absolute Gasteiger partial charge is 0.328 e. The highest BCUT2D eigenvalue weighted by Gasteiger charge is 2.27. The number of carbonyl (C=O) groups excluding carboxylic acids is 1. The van der Waals surface area contributed by atoms with E-state index in [1.165, 1.54) is 0 Å². The van der Waals surface area contributed by atoms with Gasteiger partial charge in [0.1, 0.15) is 11.5 Å². The maximum atomic E-state index is 11.9. The maximum Gasteiger partial charge on any atom is 0.328 e. The van der Waals surface area contributed by atoms with Crippen LogP contribution in [-0.4, -0.2) is 17.0 Å². The molecule has 31 heavy (non-hydrogen) atoms. The van der Waals surface area contributed by atoms with Gasteiger partial charge < -0.3 is 15.2 Å². The normalized spacial score (nSPS) is 15.1. The summed E-state index contributed by atoms with van der Waals surface area (Å²) in [4.78, 5) is 22.6. The molecule has 3 aromatic rings. The highest BCUT2D eigenvalue weighted by Crippen LogP contribution is 2.43. The summed E-state index contributed by atoms with van der Waals surface area (Å²) in [6.07, 6.45) is 2.67. The van der Waals surface area contributed by atoms with Crippen molar-refractivity contribution in [1.29, 1.82) is 0 Å². The largest absolute Gasteiger partial charge is 0.478 e. The van der Waals surface area contributed by atoms with Crippen molar-refractivity contribution in [3.63, 3.8) is 0 Å². The van der Waals surface area contributed by atoms with Crippen LogP contribution in [0.2, 0.25) is 0 Å². The molecule has 5 nitrogen and oxygen atoms in total. The van der Waals surface area contributed by atoms with Crippen molar-refractivity contribution in [2.24, 2.45) is 0 Å². The van der Waals surface area contributed by atoms with E-state index in [1.807, 2.05) is 61.5 Å². The number of hydrogen-bond acceptors (Lipinski definition) is 3. The molecule has 7 heteroatoms. The summed E-state index contributed by atoms with van der Waals surface area (Å²) in [7, 11) is 0. The molecule has 0 radical (unpaired) electrons. The predicted molar refractivity (Wildman–Crippen MR) is 128 cm³/mol. The Labute approximate surface area is 196 Å². The molecule has 0 aliphatic carbocycles. The van der Waals surface area contributed by atoms with Crippen LogP contribution in [0.4, 0.5) is 5.69 Å². The van der Waals surface area contributed by atoms with Gasteiger partial charge in [0.05, 0.1) is 10.4 Å². The number of carbonyl (C=O) groups is 2. The number of carboxylic acid groups (broad SMARTS) is 1. The van der Waals surface area contributed by atoms with Gasteiger partial charge in [-0.25, -0.2) is 4.79 Å². The molecule has 2 N–H and O–H groups in total. The Hall–Kier alpha value is -2.90. The van der Waals surface area contributed by atoms with Crippen LogP contribution in [0.1, 0.15) is 24.0 Å². The van der Waals surface area contributed by atoms with E-state index in [2.05, 4.69) is 37.2 Å². The lowest BCUT2D eigenvalue weighted by molar-refractivity contribution is -0.131. The van der Waals surface area contributed by atoms with E-state index in [0.717, 1.165) is 43.0 Å². The maximum absolute atomic E-state index is 11.9. The molecule has 4 rings (SSSR count). The van der Waals surface area contributed by atoms with E-state index in [9.17, 15) is 9.59 Å². The summed E-state index contributed by atoms with van der Waals surface area (Å²) in [6.45, 7) is 1.87. The minimum atomic E-state index is -0.989. The van der Waals surface area contributed by atoms with Crippen molar-refractivity contribution in [3.05, 3.63) is 80.7 Å². The van der Waals surface area contributed by atoms with Gasteiger partial charge in [0, 0.05) is 16.2 Å². The SMILES string of the molecule is CC1C(=O)Nc2ccc(Oc3ccc(-c4cccc(C=CC(=O)O)c4)c(Br)c3Br)cc21. The second-order valence-electron chi connectivity index (χ2n) is 7.10. The van der Waals surface area contributed by atoms with Gasteiger partial charge in [0.15, 0.2) is 0 Å². The van der Waals surface area contributed by atoms with Crippen molar-refractivity contribution >= 4 is 55.5 Å². The van der Waals surface area contributed by atoms with Crippen molar-refractivity contribution < 1.29 is 19.4 Å². The van der Waals surface area contributed by atoms with Gasteiger partial charge in [-0.15, -0.1) is 0 Å². The molecule has 1 heterocycles. The first-order valence-corrected chi connectivity index (χ1v) is 11.0. The van der Waals surface area contributed by atoms with Crippen LogP contribution in [0, 0.1) is 0 Å². The third-order valence-electron chi connectivity index (χ3n) is 5.03. The molecule has 0 saturated heterocycles. The number of fused-ring (bicyclic) bond motifs is 1. The molecule has 0 spiro atoms. The molecule has 0 bridgehead atoms. The van der Waals surface area contributed by atoms with Crippen LogP contribution < -0.4 is 10.1 Å². The van der Waals surface area contributed by atoms with Crippen molar-refractivity contribution in [2.45, 2.75) is 12.8 Å². The summed E-state index contributed by atoms with van der Waals surface area (Å²) in [5.41, 5.74) is 4.39. The Morgan fingerprint density at radius 2 is 1.90 bits per heavy atom. The topological polar surface area (TPSA) is 75.6 Å². The zero-order valence-electron chi connectivity index (χ0n) is 16.4. The second-order valence-corrected chi connectivity index (χ2v) is 8.68. The second kappa shape index (κ2) is 8.69. The molecule has 0 fully saturated rings. The third-order valence-corrected chi connectivity index (χ3v) is 7.17. The minimum absolute atomic E-state index is 0.0131. The molecule has 156 valence electrons. The van der Waals surface area contributed by atoms with Gasteiger partial charge in [-0.3, -0.25) is 4.79 Å². The summed E-state index contributed by atoms with van der Waals surface area (Å²) < 4.78 is 7.65. The number of ether oxygens (including phenoxy) is 1. The summed E-state index contributed by atoms with van der Waals surface area (Å²) >= 11 is 7.25. The molecule has 1 aliphatic heterocycles. The van der Waals surface area contributed by atoms with Crippen LogP contribution in [0.15, 0.2) is 69.6 Å². The fourth-order valence-electron chi connectivity index (χ4n) is 3.40. The van der Waals surface area contributed by atoms with E-state index < -0.39 is 5.97 Å². The van der Waals surface area contributed by atoms with E-state index >= 15 is 0 Å². The van der Waals surface area contributed by atoms with Crippen LogP contribution in [0.25, 0.3) is 17.2 Å². The minimum Gasteiger partial charge on any atom is -0.478 e. The number of rotatable bonds is 5. The predicted octanol–water partition coefficient (Wildman–Crippen LogP) is 6.82. The number of aliphatic carboxylic acids is 1. The van der Waals surface area contributed by atoms with Gasteiger partial charge in [0.25, 0.3) is 0 Å². The Morgan fingerprint density at radius 1 is 1.10 bits per heavy atom. The molecule has 1 atom stereocenters. The monoisotopic (exact) mass is 541 g/mol. The standard InChI is InChI=1S/C24H17Br2NO4/c1-13-18-12-16(6-8-19(18)27-24(13)30)31-20-9-7-17(22(25)23(20)26)15-4-2-3-14(11-15)5-10-21(28)29/h2-13H,1H3,(H,27,30)(H,28,29). The molecule has 1 amide bonds. The average molecular weight is 543 g/mol. The Bertz CT molecular complexity index is 1240. The number of hydrogen-bond donors (Lipinski definition) is 2. The fraction of sp³-hybridized carbons (Fsp3) is 0.0833. The fourth-order valence-corrected chi connectivity index (χ4v) is 4.38. The summed E-state index contributed by atoms with van der Waals surface area (Å²) in [5, 5.41) is 11.7. The van der Waals surface area contributed by atoms with Crippen LogP contribution in [-0.2, 0) is 9.59 Å². The Balaban J connectivity index is 1.63. The Morgan fingerprint density at radius 3 is 2.68 bits per heavy atom. The Kier molecular flexibility index (Phi) is 5.98. The first kappa shape index (κ1) is 21.3. The van der Waals surface area contributed by atoms with E-state index in [0.29, 0.717) is 11.5 Å². The summed E-state index contributed by atoms with van der Waals surface area (Å²) in [6, 6.07) is 16.9. The first-order valence-electron chi connectivity index (χ1n) is 9.45. The lowest BCUT2D eigenvalue weighted by Gasteiger charge is -2.14. The molecule has 1 aliphatic rings. The van der Waals surface area contributed by atoms with Crippen LogP contribution in [0.3, 0.4) is 0 Å². The average Bonchev–Trinajstić information content (AvgIpc) is 3.04. The van der Waals surface area contributed by atoms with Gasteiger partial charge in [-0.1, -0.05) is 18.2 Å². The molecule has 0 saturated carbocycles. The first-order chi connectivity index (χ1) is 14.8. The van der Waals surface area contributed by atoms with E-state index in [4.69, 9.17) is 9.84 Å². The van der Waals surface area contributed by atoms with Crippen molar-refractivity contribution in [2.75, 3.05) is 5.32 Å². The molecule has 0 aromatic heterocycles. The lowest BCUT2D eigenvalue weighted by Crippen LogP contribution is -2.08. The number of amides is 1. The van der Waals surface area contributed by atoms with Crippen LogP contribution in [0.5, 0.6) is 11.5 Å². The van der Waals surface area contributed by atoms with Gasteiger partial charge >= 0.3 is 5.97 Å². The number of anilines is 1. The van der Waals surface area contributed by atoms with E-state index in [-0.39, 0.29) is 11.8 Å². The number of carboxylic acids is 1.